The van der Waals surface area contributed by atoms with Crippen molar-refractivity contribution < 1.29 is 14.6 Å². The average Bonchev–Trinajstić information content (AvgIpc) is 2.88. The Bertz CT molecular complexity index is 1030. The molecule has 0 bridgehead atoms. The Morgan fingerprint density at radius 2 is 1.94 bits per heavy atom. The lowest BCUT2D eigenvalue weighted by Crippen LogP contribution is -2.37. The highest BCUT2D eigenvalue weighted by molar-refractivity contribution is 5.67. The van der Waals surface area contributed by atoms with Crippen LogP contribution in [0.25, 0.3) is 22.6 Å². The summed E-state index contributed by atoms with van der Waals surface area (Å²) in [5.74, 6) is 2.08. The zero-order valence-corrected chi connectivity index (χ0v) is 19.0. The van der Waals surface area contributed by atoms with Gasteiger partial charge in [-0.05, 0) is 32.0 Å². The van der Waals surface area contributed by atoms with Gasteiger partial charge in [-0.2, -0.15) is 0 Å². The number of aliphatic hydroxyl groups is 1. The molecule has 9 heteroatoms. The molecule has 3 aromatic rings. The Labute approximate surface area is 193 Å². The quantitative estimate of drug-likeness (QED) is 0.507. The predicted molar refractivity (Wildman–Crippen MR) is 126 cm³/mol. The molecule has 0 radical (unpaired) electrons. The van der Waals surface area contributed by atoms with Crippen molar-refractivity contribution in [2.45, 2.75) is 25.0 Å². The van der Waals surface area contributed by atoms with Gasteiger partial charge in [0.05, 0.1) is 5.69 Å². The van der Waals surface area contributed by atoms with Crippen LogP contribution in [0.4, 0.5) is 5.82 Å². The first-order chi connectivity index (χ1) is 16.1. The molecule has 0 saturated carbocycles. The van der Waals surface area contributed by atoms with Crippen LogP contribution in [0.2, 0.25) is 0 Å². The average molecular weight is 451 g/mol. The summed E-state index contributed by atoms with van der Waals surface area (Å²) < 4.78 is 11.3. The zero-order chi connectivity index (χ0) is 23.0. The number of hydrogen-bond acceptors (Lipinski definition) is 9. The summed E-state index contributed by atoms with van der Waals surface area (Å²) in [6, 6.07) is 9.94. The molecule has 1 atom stereocenters. The molecule has 1 saturated heterocycles. The summed E-state index contributed by atoms with van der Waals surface area (Å²) in [6.07, 6.45) is 6.33. The van der Waals surface area contributed by atoms with Gasteiger partial charge in [0.1, 0.15) is 30.6 Å². The normalized spacial score (nSPS) is 15.2. The van der Waals surface area contributed by atoms with Crippen LogP contribution in [-0.2, 0) is 4.74 Å². The molecular weight excluding hydrogens is 420 g/mol. The maximum absolute atomic E-state index is 9.94. The third-order valence-corrected chi connectivity index (χ3v) is 5.64. The van der Waals surface area contributed by atoms with Crippen LogP contribution >= 0.6 is 0 Å². The van der Waals surface area contributed by atoms with E-state index in [0.29, 0.717) is 24.2 Å². The van der Waals surface area contributed by atoms with E-state index in [-0.39, 0.29) is 6.61 Å². The summed E-state index contributed by atoms with van der Waals surface area (Å²) >= 11 is 0. The van der Waals surface area contributed by atoms with Crippen LogP contribution in [0.15, 0.2) is 49.1 Å². The van der Waals surface area contributed by atoms with Crippen LogP contribution < -0.4 is 15.0 Å². The van der Waals surface area contributed by atoms with Gasteiger partial charge in [-0.15, -0.1) is 0 Å². The third kappa shape index (κ3) is 6.01. The highest BCUT2D eigenvalue weighted by Crippen LogP contribution is 2.29. The van der Waals surface area contributed by atoms with Gasteiger partial charge in [-0.25, -0.2) is 19.9 Å². The molecule has 0 spiro atoms. The van der Waals surface area contributed by atoms with Crippen molar-refractivity contribution in [3.05, 3.63) is 49.1 Å². The highest BCUT2D eigenvalue weighted by Gasteiger charge is 2.21. The third-order valence-electron chi connectivity index (χ3n) is 5.64. The van der Waals surface area contributed by atoms with E-state index in [0.717, 1.165) is 48.7 Å². The molecule has 33 heavy (non-hydrogen) atoms. The van der Waals surface area contributed by atoms with Crippen LogP contribution in [0, 0.1) is 0 Å². The molecule has 174 valence electrons. The Morgan fingerprint density at radius 3 is 2.70 bits per heavy atom. The van der Waals surface area contributed by atoms with Gasteiger partial charge in [0.15, 0.2) is 5.82 Å². The predicted octanol–water partition coefficient (Wildman–Crippen LogP) is 2.17. The molecule has 1 aromatic carbocycles. The van der Waals surface area contributed by atoms with E-state index in [1.807, 2.05) is 30.3 Å². The van der Waals surface area contributed by atoms with Crippen molar-refractivity contribution in [2.24, 2.45) is 0 Å². The maximum Gasteiger partial charge on any atom is 0.162 e. The van der Waals surface area contributed by atoms with E-state index in [9.17, 15) is 5.11 Å². The van der Waals surface area contributed by atoms with E-state index in [1.165, 1.54) is 6.33 Å². The number of nitrogens with one attached hydrogen (secondary N) is 1. The number of benzene rings is 1. The Balaban J connectivity index is 1.66. The van der Waals surface area contributed by atoms with Gasteiger partial charge >= 0.3 is 0 Å². The van der Waals surface area contributed by atoms with Crippen LogP contribution in [-0.4, -0.2) is 77.6 Å². The summed E-state index contributed by atoms with van der Waals surface area (Å²) in [4.78, 5) is 20.2. The highest BCUT2D eigenvalue weighted by atomic mass is 16.5. The largest absolute Gasteiger partial charge is 0.491 e. The van der Waals surface area contributed by atoms with Crippen LogP contribution in [0.3, 0.4) is 0 Å². The second-order valence-electron chi connectivity index (χ2n) is 8.07. The first-order valence-corrected chi connectivity index (χ1v) is 11.1. The summed E-state index contributed by atoms with van der Waals surface area (Å²) in [7, 11) is 3.86. The minimum atomic E-state index is -0.587. The number of likely N-dealkylation sites (N-methyl/N-ethyl adjacent to an activating group) is 1. The van der Waals surface area contributed by atoms with Gasteiger partial charge in [0.25, 0.3) is 0 Å². The van der Waals surface area contributed by atoms with Crippen molar-refractivity contribution >= 4 is 5.82 Å². The molecule has 3 heterocycles. The smallest absolute Gasteiger partial charge is 0.162 e. The monoisotopic (exact) mass is 450 g/mol. The van der Waals surface area contributed by atoms with Crippen molar-refractivity contribution in [1.82, 2.24) is 25.3 Å². The van der Waals surface area contributed by atoms with Gasteiger partial charge < -0.3 is 24.8 Å². The molecule has 1 aliphatic rings. The number of aliphatic hydroxyl groups excluding tert-OH is 1. The molecule has 1 fully saturated rings. The number of rotatable bonds is 9. The van der Waals surface area contributed by atoms with Crippen molar-refractivity contribution in [1.29, 1.82) is 0 Å². The Kier molecular flexibility index (Phi) is 7.77. The molecule has 4 rings (SSSR count). The standard InChI is InChI=1S/C24H30N6O3/c1-25-14-20(31)15-33-21-5-3-4-17(10-21)24-28-22(18-12-26-16-27-13-18)11-23(29-24)30(2)19-6-8-32-9-7-19/h3-5,10-13,16,19-20,25,31H,6-9,14-15H2,1-2H3. The molecule has 2 N–H and O–H groups in total. The second kappa shape index (κ2) is 11.1. The van der Waals surface area contributed by atoms with E-state index in [2.05, 4.69) is 27.2 Å². The number of hydrogen-bond donors (Lipinski definition) is 2. The SMILES string of the molecule is CNCC(O)COc1cccc(-c2nc(-c3cncnc3)cc(N(C)C3CCOCC3)n2)c1. The zero-order valence-electron chi connectivity index (χ0n) is 19.0. The van der Waals surface area contributed by atoms with Crippen molar-refractivity contribution in [3.63, 3.8) is 0 Å². The lowest BCUT2D eigenvalue weighted by atomic mass is 10.1. The minimum Gasteiger partial charge on any atom is -0.491 e. The number of nitrogens with zero attached hydrogens (tertiary/aromatic N) is 5. The second-order valence-corrected chi connectivity index (χ2v) is 8.07. The van der Waals surface area contributed by atoms with E-state index < -0.39 is 6.10 Å². The Hall–Kier alpha value is -3.14. The molecule has 1 unspecified atom stereocenters. The lowest BCUT2D eigenvalue weighted by Gasteiger charge is -2.32. The molecule has 2 aromatic heterocycles. The summed E-state index contributed by atoms with van der Waals surface area (Å²) in [5.41, 5.74) is 2.41. The van der Waals surface area contributed by atoms with Crippen molar-refractivity contribution in [2.75, 3.05) is 45.4 Å². The number of ether oxygens (including phenoxy) is 2. The van der Waals surface area contributed by atoms with Crippen LogP contribution in [0.1, 0.15) is 12.8 Å². The Morgan fingerprint density at radius 1 is 1.15 bits per heavy atom. The molecule has 1 aliphatic heterocycles. The summed E-state index contributed by atoms with van der Waals surface area (Å²) in [6.45, 7) is 2.17. The van der Waals surface area contributed by atoms with Gasteiger partial charge in [-0.3, -0.25) is 0 Å². The maximum atomic E-state index is 9.94. The van der Waals surface area contributed by atoms with Crippen LogP contribution in [0.5, 0.6) is 5.75 Å². The van der Waals surface area contributed by atoms with Crippen molar-refractivity contribution in [3.8, 4) is 28.4 Å². The fourth-order valence-corrected chi connectivity index (χ4v) is 3.79. The molecule has 0 amide bonds. The number of anilines is 1. The molecule has 0 aliphatic carbocycles. The summed E-state index contributed by atoms with van der Waals surface area (Å²) in [5, 5.41) is 12.9. The van der Waals surface area contributed by atoms with Gasteiger partial charge in [0.2, 0.25) is 0 Å². The first kappa shape index (κ1) is 23.0. The topological polar surface area (TPSA) is 106 Å². The number of aromatic nitrogens is 4. The fraction of sp³-hybridized carbons (Fsp3) is 0.417. The first-order valence-electron chi connectivity index (χ1n) is 11.1. The van der Waals surface area contributed by atoms with E-state index in [4.69, 9.17) is 19.4 Å². The fourth-order valence-electron chi connectivity index (χ4n) is 3.79. The van der Waals surface area contributed by atoms with E-state index >= 15 is 0 Å². The minimum absolute atomic E-state index is 0.199. The van der Waals surface area contributed by atoms with Gasteiger partial charge in [-0.1, -0.05) is 12.1 Å². The molecule has 9 nitrogen and oxygen atoms in total. The molecular formula is C24H30N6O3. The van der Waals surface area contributed by atoms with E-state index in [1.54, 1.807) is 19.4 Å². The lowest BCUT2D eigenvalue weighted by molar-refractivity contribution is 0.0853. The van der Waals surface area contributed by atoms with Gasteiger partial charge in [0, 0.05) is 62.4 Å².